The van der Waals surface area contributed by atoms with E-state index in [0.717, 1.165) is 0 Å². The summed E-state index contributed by atoms with van der Waals surface area (Å²) in [6.45, 7) is 6.30. The topological polar surface area (TPSA) is 65.8 Å². The molecular weight excluding hydrogens is 166 g/mol. The highest BCUT2D eigenvalue weighted by Crippen LogP contribution is 2.39. The summed E-state index contributed by atoms with van der Waals surface area (Å²) in [7, 11) is 0. The lowest BCUT2D eigenvalue weighted by Gasteiger charge is -2.38. The average Bonchev–Trinajstić information content (AvgIpc) is 2.00. The molecule has 1 aliphatic rings. The Morgan fingerprint density at radius 1 is 1.62 bits per heavy atom. The lowest BCUT2D eigenvalue weighted by atomic mass is 9.68. The van der Waals surface area contributed by atoms with Gasteiger partial charge in [0, 0.05) is 11.3 Å². The van der Waals surface area contributed by atoms with Crippen LogP contribution in [0.5, 0.6) is 0 Å². The minimum Gasteiger partial charge on any atom is -0.299 e. The molecule has 4 heteroatoms. The first-order valence-corrected chi connectivity index (χ1v) is 4.54. The van der Waals surface area contributed by atoms with Crippen LogP contribution in [0, 0.1) is 11.3 Å². The molecule has 0 spiro atoms. The number of Topliss-reactive ketones (excluding diaryl/α,β-unsaturated/α-hetero) is 1. The Bertz CT molecular complexity index is 266. The van der Waals surface area contributed by atoms with E-state index < -0.39 is 6.04 Å². The quantitative estimate of drug-likeness (QED) is 0.348. The highest BCUT2D eigenvalue weighted by Gasteiger charge is 2.38. The Labute approximate surface area is 77.9 Å². The van der Waals surface area contributed by atoms with E-state index in [4.69, 9.17) is 5.53 Å². The molecule has 1 fully saturated rings. The van der Waals surface area contributed by atoms with Crippen molar-refractivity contribution in [2.45, 2.75) is 39.7 Å². The molecule has 0 bridgehead atoms. The van der Waals surface area contributed by atoms with Gasteiger partial charge >= 0.3 is 0 Å². The molecule has 4 nitrogen and oxygen atoms in total. The average molecular weight is 181 g/mol. The molecule has 1 aliphatic carbocycles. The standard InChI is InChI=1S/C9H15N3O/c1-6-4-8(13)7(11-12-10)5-9(6,2)3/h6-7H,4-5H2,1-3H3/t6?,7-/m0/s1. The summed E-state index contributed by atoms with van der Waals surface area (Å²) in [5, 5.41) is 3.53. The van der Waals surface area contributed by atoms with Crippen LogP contribution >= 0.6 is 0 Å². The van der Waals surface area contributed by atoms with Gasteiger partial charge in [-0.3, -0.25) is 4.79 Å². The number of hydrogen-bond acceptors (Lipinski definition) is 2. The predicted molar refractivity (Wildman–Crippen MR) is 50.1 cm³/mol. The summed E-state index contributed by atoms with van der Waals surface area (Å²) in [5.74, 6) is 0.467. The van der Waals surface area contributed by atoms with Gasteiger partial charge in [-0.2, -0.15) is 0 Å². The number of ketones is 1. The lowest BCUT2D eigenvalue weighted by molar-refractivity contribution is -0.125. The molecule has 1 saturated carbocycles. The summed E-state index contributed by atoms with van der Waals surface area (Å²) in [4.78, 5) is 14.1. The SMILES string of the molecule is CC1CC(=O)[C@@H](N=[N+]=[N-])CC1(C)C. The fraction of sp³-hybridized carbons (Fsp3) is 0.889. The number of rotatable bonds is 1. The van der Waals surface area contributed by atoms with Crippen molar-refractivity contribution < 1.29 is 4.79 Å². The fourth-order valence-corrected chi connectivity index (χ4v) is 1.70. The van der Waals surface area contributed by atoms with Crippen molar-refractivity contribution in [1.29, 1.82) is 0 Å². The molecule has 1 rings (SSSR count). The van der Waals surface area contributed by atoms with Gasteiger partial charge in [0.15, 0.2) is 0 Å². The molecule has 0 aromatic rings. The van der Waals surface area contributed by atoms with E-state index >= 15 is 0 Å². The van der Waals surface area contributed by atoms with E-state index in [2.05, 4.69) is 30.8 Å². The van der Waals surface area contributed by atoms with Gasteiger partial charge in [-0.15, -0.1) is 0 Å². The number of carbonyl (C=O) groups is 1. The second kappa shape index (κ2) is 3.38. The molecule has 0 aromatic heterocycles. The van der Waals surface area contributed by atoms with E-state index in [1.54, 1.807) is 0 Å². The molecule has 0 saturated heterocycles. The van der Waals surface area contributed by atoms with Crippen molar-refractivity contribution in [3.63, 3.8) is 0 Å². The number of carbonyl (C=O) groups excluding carboxylic acids is 1. The molecule has 13 heavy (non-hydrogen) atoms. The second-order valence-corrected chi connectivity index (χ2v) is 4.48. The van der Waals surface area contributed by atoms with Gasteiger partial charge in [-0.25, -0.2) is 0 Å². The fourth-order valence-electron chi connectivity index (χ4n) is 1.70. The molecule has 0 aromatic carbocycles. The minimum atomic E-state index is -0.434. The van der Waals surface area contributed by atoms with Crippen LogP contribution in [-0.2, 0) is 4.79 Å². The predicted octanol–water partition coefficient (Wildman–Crippen LogP) is 2.69. The van der Waals surface area contributed by atoms with Gasteiger partial charge in [-0.1, -0.05) is 25.9 Å². The third-order valence-corrected chi connectivity index (χ3v) is 3.12. The van der Waals surface area contributed by atoms with Crippen molar-refractivity contribution in [3.05, 3.63) is 10.4 Å². The number of azide groups is 1. The van der Waals surface area contributed by atoms with Crippen LogP contribution in [0.15, 0.2) is 5.11 Å². The van der Waals surface area contributed by atoms with Crippen LogP contribution in [-0.4, -0.2) is 11.8 Å². The Hall–Kier alpha value is -1.02. The van der Waals surface area contributed by atoms with E-state index in [0.29, 0.717) is 18.8 Å². The highest BCUT2D eigenvalue weighted by molar-refractivity contribution is 5.85. The molecule has 1 unspecified atom stereocenters. The van der Waals surface area contributed by atoms with Crippen LogP contribution < -0.4 is 0 Å². The summed E-state index contributed by atoms with van der Waals surface area (Å²) in [5.41, 5.74) is 8.38. The van der Waals surface area contributed by atoms with Gasteiger partial charge in [-0.05, 0) is 23.3 Å². The molecule has 2 atom stereocenters. The summed E-state index contributed by atoms with van der Waals surface area (Å²) < 4.78 is 0. The van der Waals surface area contributed by atoms with Gasteiger partial charge < -0.3 is 0 Å². The smallest absolute Gasteiger partial charge is 0.142 e. The van der Waals surface area contributed by atoms with Gasteiger partial charge in [0.1, 0.15) is 5.78 Å². The monoisotopic (exact) mass is 181 g/mol. The van der Waals surface area contributed by atoms with Crippen LogP contribution in [0.3, 0.4) is 0 Å². The zero-order valence-corrected chi connectivity index (χ0v) is 8.32. The molecule has 0 aliphatic heterocycles. The molecular formula is C9H15N3O. The van der Waals surface area contributed by atoms with Crippen molar-refractivity contribution in [2.24, 2.45) is 16.4 Å². The zero-order valence-electron chi connectivity index (χ0n) is 8.32. The first-order valence-electron chi connectivity index (χ1n) is 4.54. The summed E-state index contributed by atoms with van der Waals surface area (Å²) in [6, 6.07) is -0.434. The van der Waals surface area contributed by atoms with Crippen molar-refractivity contribution >= 4 is 5.78 Å². The summed E-state index contributed by atoms with van der Waals surface area (Å²) >= 11 is 0. The number of hydrogen-bond donors (Lipinski definition) is 0. The maximum atomic E-state index is 11.4. The van der Waals surface area contributed by atoms with Crippen molar-refractivity contribution in [3.8, 4) is 0 Å². The van der Waals surface area contributed by atoms with E-state index in [1.807, 2.05) is 0 Å². The third-order valence-electron chi connectivity index (χ3n) is 3.12. The van der Waals surface area contributed by atoms with E-state index in [9.17, 15) is 4.79 Å². The Kier molecular flexibility index (Phi) is 2.62. The van der Waals surface area contributed by atoms with Crippen LogP contribution in [0.4, 0.5) is 0 Å². The summed E-state index contributed by atoms with van der Waals surface area (Å²) in [6.07, 6.45) is 1.22. The first kappa shape index (κ1) is 10.1. The van der Waals surface area contributed by atoms with Crippen LogP contribution in [0.2, 0.25) is 0 Å². The minimum absolute atomic E-state index is 0.0876. The van der Waals surface area contributed by atoms with Gasteiger partial charge in [0.05, 0.1) is 6.04 Å². The largest absolute Gasteiger partial charge is 0.299 e. The van der Waals surface area contributed by atoms with Crippen molar-refractivity contribution in [1.82, 2.24) is 0 Å². The maximum Gasteiger partial charge on any atom is 0.142 e. The molecule has 0 amide bonds. The second-order valence-electron chi connectivity index (χ2n) is 4.48. The molecule has 72 valence electrons. The van der Waals surface area contributed by atoms with E-state index in [-0.39, 0.29) is 11.2 Å². The molecule has 0 heterocycles. The van der Waals surface area contributed by atoms with E-state index in [1.165, 1.54) is 0 Å². The Morgan fingerprint density at radius 2 is 2.23 bits per heavy atom. The van der Waals surface area contributed by atoms with Crippen LogP contribution in [0.25, 0.3) is 10.4 Å². The lowest BCUT2D eigenvalue weighted by Crippen LogP contribution is -2.38. The van der Waals surface area contributed by atoms with Gasteiger partial charge in [0.2, 0.25) is 0 Å². The van der Waals surface area contributed by atoms with Crippen LogP contribution in [0.1, 0.15) is 33.6 Å². The highest BCUT2D eigenvalue weighted by atomic mass is 16.1. The number of nitrogens with zero attached hydrogens (tertiary/aromatic N) is 3. The zero-order chi connectivity index (χ0) is 10.1. The van der Waals surface area contributed by atoms with Gasteiger partial charge in [0.25, 0.3) is 0 Å². The third kappa shape index (κ3) is 2.01. The Morgan fingerprint density at radius 3 is 2.77 bits per heavy atom. The normalized spacial score (nSPS) is 32.4. The Balaban J connectivity index is 2.81. The first-order chi connectivity index (χ1) is 5.97. The molecule has 0 N–H and O–H groups in total. The van der Waals surface area contributed by atoms with Crippen molar-refractivity contribution in [2.75, 3.05) is 0 Å². The molecule has 0 radical (unpaired) electrons. The maximum absolute atomic E-state index is 11.4.